The van der Waals surface area contributed by atoms with Crippen molar-refractivity contribution in [2.24, 2.45) is 0 Å². The van der Waals surface area contributed by atoms with Gasteiger partial charge in [0, 0.05) is 18.9 Å². The number of ether oxygens (including phenoxy) is 3. The van der Waals surface area contributed by atoms with Gasteiger partial charge in [0.1, 0.15) is 0 Å². The quantitative estimate of drug-likeness (QED) is 0.743. The summed E-state index contributed by atoms with van der Waals surface area (Å²) in [6.07, 6.45) is 3.43. The predicted molar refractivity (Wildman–Crippen MR) is 76.6 cm³/mol. The van der Waals surface area contributed by atoms with Crippen LogP contribution in [-0.2, 0) is 10.6 Å². The van der Waals surface area contributed by atoms with Gasteiger partial charge in [0.25, 0.3) is 0 Å². The number of alkyl halides is 1. The smallest absolute Gasteiger partial charge is 0.179 e. The van der Waals surface area contributed by atoms with E-state index in [1.165, 1.54) is 0 Å². The number of rotatable bonds is 6. The highest BCUT2D eigenvalue weighted by molar-refractivity contribution is 6.32. The van der Waals surface area contributed by atoms with Crippen molar-refractivity contribution < 1.29 is 14.2 Å². The summed E-state index contributed by atoms with van der Waals surface area (Å²) in [5.41, 5.74) is 0.912. The molecule has 1 saturated heterocycles. The van der Waals surface area contributed by atoms with Crippen LogP contribution in [0.2, 0.25) is 5.02 Å². The summed E-state index contributed by atoms with van der Waals surface area (Å²) < 4.78 is 16.6. The molecule has 3 nitrogen and oxygen atoms in total. The van der Waals surface area contributed by atoms with E-state index in [-0.39, 0.29) is 0 Å². The third-order valence-corrected chi connectivity index (χ3v) is 3.74. The van der Waals surface area contributed by atoms with Crippen molar-refractivity contribution in [2.45, 2.75) is 31.2 Å². The Labute approximate surface area is 123 Å². The van der Waals surface area contributed by atoms with E-state index in [1.54, 1.807) is 13.2 Å². The minimum Gasteiger partial charge on any atom is -0.493 e. The molecule has 1 aliphatic heterocycles. The second kappa shape index (κ2) is 7.22. The van der Waals surface area contributed by atoms with Crippen LogP contribution in [0.1, 0.15) is 24.8 Å². The van der Waals surface area contributed by atoms with Crippen LogP contribution >= 0.6 is 23.2 Å². The lowest BCUT2D eigenvalue weighted by Gasteiger charge is -2.15. The van der Waals surface area contributed by atoms with Gasteiger partial charge in [-0.3, -0.25) is 0 Å². The van der Waals surface area contributed by atoms with Crippen molar-refractivity contribution in [3.8, 4) is 11.5 Å². The van der Waals surface area contributed by atoms with E-state index in [2.05, 4.69) is 0 Å². The van der Waals surface area contributed by atoms with Crippen LogP contribution in [0.25, 0.3) is 0 Å². The maximum atomic E-state index is 6.19. The summed E-state index contributed by atoms with van der Waals surface area (Å²) >= 11 is 12.0. The first-order valence-electron chi connectivity index (χ1n) is 6.41. The molecule has 1 aromatic carbocycles. The van der Waals surface area contributed by atoms with E-state index in [0.717, 1.165) is 31.4 Å². The van der Waals surface area contributed by atoms with Gasteiger partial charge in [-0.1, -0.05) is 11.6 Å². The van der Waals surface area contributed by atoms with Crippen molar-refractivity contribution in [1.29, 1.82) is 0 Å². The number of benzene rings is 1. The molecule has 0 spiro atoms. The van der Waals surface area contributed by atoms with Crippen LogP contribution in [-0.4, -0.2) is 26.4 Å². The molecule has 0 aromatic heterocycles. The fraction of sp³-hybridized carbons (Fsp3) is 0.571. The van der Waals surface area contributed by atoms with Gasteiger partial charge in [-0.2, -0.15) is 0 Å². The molecule has 0 saturated carbocycles. The third-order valence-electron chi connectivity index (χ3n) is 3.15. The normalized spacial score (nSPS) is 18.6. The van der Waals surface area contributed by atoms with Gasteiger partial charge in [-0.05, 0) is 30.5 Å². The first kappa shape index (κ1) is 14.8. The lowest BCUT2D eigenvalue weighted by molar-refractivity contribution is 0.0899. The Hall–Kier alpha value is -0.640. The van der Waals surface area contributed by atoms with E-state index in [4.69, 9.17) is 37.4 Å². The molecule has 0 N–H and O–H groups in total. The molecule has 0 aliphatic carbocycles. The summed E-state index contributed by atoms with van der Waals surface area (Å²) in [6.45, 7) is 1.43. The third kappa shape index (κ3) is 3.91. The molecule has 1 unspecified atom stereocenters. The number of hydrogen-bond donors (Lipinski definition) is 0. The first-order valence-corrected chi connectivity index (χ1v) is 7.32. The molecule has 106 valence electrons. The zero-order chi connectivity index (χ0) is 13.7. The highest BCUT2D eigenvalue weighted by Crippen LogP contribution is 2.37. The lowest BCUT2D eigenvalue weighted by atomic mass is 10.2. The van der Waals surface area contributed by atoms with Crippen molar-refractivity contribution in [3.63, 3.8) is 0 Å². The highest BCUT2D eigenvalue weighted by atomic mass is 35.5. The average Bonchev–Trinajstić information content (AvgIpc) is 2.93. The molecule has 1 aliphatic rings. The minimum absolute atomic E-state index is 0.312. The van der Waals surface area contributed by atoms with Crippen LogP contribution < -0.4 is 9.47 Å². The van der Waals surface area contributed by atoms with E-state index in [9.17, 15) is 0 Å². The predicted octanol–water partition coefficient (Wildman–Crippen LogP) is 4.04. The van der Waals surface area contributed by atoms with Gasteiger partial charge in [0.05, 0.1) is 24.8 Å². The van der Waals surface area contributed by atoms with Gasteiger partial charge >= 0.3 is 0 Å². The van der Waals surface area contributed by atoms with Crippen LogP contribution in [0.5, 0.6) is 11.5 Å². The van der Waals surface area contributed by atoms with E-state index >= 15 is 0 Å². The fourth-order valence-electron chi connectivity index (χ4n) is 2.15. The van der Waals surface area contributed by atoms with Gasteiger partial charge < -0.3 is 14.2 Å². The second-order valence-corrected chi connectivity index (χ2v) is 5.19. The summed E-state index contributed by atoms with van der Waals surface area (Å²) in [5, 5.41) is 0.530. The SMILES string of the molecule is COc1cc(CCl)cc(Cl)c1OCCC1CCCO1. The molecular formula is C14H18Cl2O3. The zero-order valence-electron chi connectivity index (χ0n) is 11.0. The number of halogens is 2. The van der Waals surface area contributed by atoms with Crippen LogP contribution in [0, 0.1) is 0 Å². The Morgan fingerprint density at radius 2 is 2.26 bits per heavy atom. The summed E-state index contributed by atoms with van der Waals surface area (Å²) in [5.74, 6) is 1.60. The molecule has 2 rings (SSSR count). The summed E-state index contributed by atoms with van der Waals surface area (Å²) in [6, 6.07) is 3.65. The van der Waals surface area contributed by atoms with Crippen molar-refractivity contribution in [1.82, 2.24) is 0 Å². The van der Waals surface area contributed by atoms with Crippen molar-refractivity contribution >= 4 is 23.2 Å². The molecule has 1 fully saturated rings. The van der Waals surface area contributed by atoms with Gasteiger partial charge in [-0.25, -0.2) is 0 Å². The molecule has 1 heterocycles. The molecule has 0 bridgehead atoms. The zero-order valence-corrected chi connectivity index (χ0v) is 12.5. The van der Waals surface area contributed by atoms with E-state index < -0.39 is 0 Å². The molecule has 1 aromatic rings. The molecule has 5 heteroatoms. The molecule has 0 radical (unpaired) electrons. The fourth-order valence-corrected chi connectivity index (χ4v) is 2.60. The van der Waals surface area contributed by atoms with Gasteiger partial charge in [-0.15, -0.1) is 11.6 Å². The highest BCUT2D eigenvalue weighted by Gasteiger charge is 2.17. The van der Waals surface area contributed by atoms with Crippen LogP contribution in [0.3, 0.4) is 0 Å². The average molecular weight is 305 g/mol. The Morgan fingerprint density at radius 1 is 1.42 bits per heavy atom. The second-order valence-electron chi connectivity index (χ2n) is 4.51. The molecule has 19 heavy (non-hydrogen) atoms. The van der Waals surface area contributed by atoms with Crippen LogP contribution in [0.4, 0.5) is 0 Å². The largest absolute Gasteiger partial charge is 0.493 e. The van der Waals surface area contributed by atoms with Crippen molar-refractivity contribution in [2.75, 3.05) is 20.3 Å². The summed E-state index contributed by atoms with van der Waals surface area (Å²) in [4.78, 5) is 0. The Balaban J connectivity index is 1.98. The van der Waals surface area contributed by atoms with E-state index in [1.807, 2.05) is 6.07 Å². The monoisotopic (exact) mass is 304 g/mol. The molecular weight excluding hydrogens is 287 g/mol. The maximum absolute atomic E-state index is 6.19. The first-order chi connectivity index (χ1) is 9.24. The maximum Gasteiger partial charge on any atom is 0.179 e. The van der Waals surface area contributed by atoms with E-state index in [0.29, 0.717) is 35.1 Å². The summed E-state index contributed by atoms with van der Waals surface area (Å²) in [7, 11) is 1.59. The standard InChI is InChI=1S/C14H18Cl2O3/c1-17-13-8-10(9-15)7-12(16)14(13)19-6-4-11-3-2-5-18-11/h7-8,11H,2-6,9H2,1H3. The number of hydrogen-bond acceptors (Lipinski definition) is 3. The van der Waals surface area contributed by atoms with Gasteiger partial charge in [0.15, 0.2) is 11.5 Å². The number of methoxy groups -OCH3 is 1. The Bertz CT molecular complexity index is 417. The topological polar surface area (TPSA) is 27.7 Å². The minimum atomic E-state index is 0.312. The molecule has 1 atom stereocenters. The van der Waals surface area contributed by atoms with Crippen molar-refractivity contribution in [3.05, 3.63) is 22.7 Å². The molecule has 0 amide bonds. The van der Waals surface area contributed by atoms with Crippen LogP contribution in [0.15, 0.2) is 12.1 Å². The lowest BCUT2D eigenvalue weighted by Crippen LogP contribution is -2.11. The Morgan fingerprint density at radius 3 is 2.89 bits per heavy atom. The van der Waals surface area contributed by atoms with Gasteiger partial charge in [0.2, 0.25) is 0 Å². The Kier molecular flexibility index (Phi) is 5.61.